The van der Waals surface area contributed by atoms with E-state index < -0.39 is 0 Å². The Morgan fingerprint density at radius 1 is 1.28 bits per heavy atom. The predicted molar refractivity (Wildman–Crippen MR) is 133 cm³/mol. The molecule has 0 unspecified atom stereocenters. The fourth-order valence-electron chi connectivity index (χ4n) is 3.81. The topological polar surface area (TPSA) is 72.7 Å². The van der Waals surface area contributed by atoms with Crippen LogP contribution in [0.1, 0.15) is 43.8 Å². The van der Waals surface area contributed by atoms with Crippen LogP contribution in [-0.4, -0.2) is 31.4 Å². The Bertz CT molecular complexity index is 1110. The van der Waals surface area contributed by atoms with E-state index in [-0.39, 0.29) is 11.7 Å². The zero-order valence-corrected chi connectivity index (χ0v) is 20.5. The molecule has 4 rings (SSSR count). The summed E-state index contributed by atoms with van der Waals surface area (Å²) in [5.41, 5.74) is 1.47. The molecule has 32 heavy (non-hydrogen) atoms. The normalized spacial score (nSPS) is 14.4. The van der Waals surface area contributed by atoms with Crippen molar-refractivity contribution >= 4 is 57.3 Å². The van der Waals surface area contributed by atoms with Crippen LogP contribution in [0.15, 0.2) is 41.4 Å². The number of nitrogens with one attached hydrogen (secondary N) is 1. The van der Waals surface area contributed by atoms with Crippen molar-refractivity contribution in [2.24, 2.45) is 0 Å². The zero-order chi connectivity index (χ0) is 22.5. The Kier molecular flexibility index (Phi) is 7.88. The number of amides is 1. The number of rotatable bonds is 8. The minimum absolute atomic E-state index is 0.148. The Morgan fingerprint density at radius 3 is 2.84 bits per heavy atom. The lowest BCUT2D eigenvalue weighted by molar-refractivity contribution is -0.113. The van der Waals surface area contributed by atoms with Crippen LogP contribution in [0.2, 0.25) is 10.0 Å². The van der Waals surface area contributed by atoms with Crippen molar-refractivity contribution in [2.75, 3.05) is 11.1 Å². The molecule has 1 N–H and O–H groups in total. The van der Waals surface area contributed by atoms with E-state index in [2.05, 4.69) is 31.6 Å². The van der Waals surface area contributed by atoms with E-state index in [0.717, 1.165) is 29.4 Å². The molecule has 2 heterocycles. The number of carbonyl (C=O) groups is 1. The average Bonchev–Trinajstić information content (AvgIpc) is 3.40. The minimum atomic E-state index is -0.148. The second-order valence-corrected chi connectivity index (χ2v) is 10.2. The standard InChI is InChI=1S/C22H23Cl2N5OS2/c1-2-10-29-20(14-6-4-3-5-7-14)27-28-22(29)32-13-19(30)26-21-25-18(12-31-21)16-9-8-15(23)11-17(16)24/h2,8-9,11-12,14H,1,3-7,10,13H2,(H,25,26,30). The van der Waals surface area contributed by atoms with Crippen LogP contribution in [0.4, 0.5) is 5.13 Å². The molecule has 1 aliphatic rings. The first-order chi connectivity index (χ1) is 15.5. The van der Waals surface area contributed by atoms with Crippen molar-refractivity contribution < 1.29 is 4.79 Å². The van der Waals surface area contributed by atoms with Gasteiger partial charge in [0, 0.05) is 28.4 Å². The summed E-state index contributed by atoms with van der Waals surface area (Å²) in [4.78, 5) is 17.0. The number of hydrogen-bond donors (Lipinski definition) is 1. The first-order valence-corrected chi connectivity index (χ1v) is 13.0. The minimum Gasteiger partial charge on any atom is -0.302 e. The zero-order valence-electron chi connectivity index (χ0n) is 17.4. The van der Waals surface area contributed by atoms with Crippen LogP contribution >= 0.6 is 46.3 Å². The Morgan fingerprint density at radius 2 is 2.09 bits per heavy atom. The van der Waals surface area contributed by atoms with Gasteiger partial charge in [-0.3, -0.25) is 4.79 Å². The van der Waals surface area contributed by atoms with E-state index in [1.165, 1.54) is 42.4 Å². The van der Waals surface area contributed by atoms with Crippen molar-refractivity contribution in [3.05, 3.63) is 52.1 Å². The van der Waals surface area contributed by atoms with Gasteiger partial charge in [-0.05, 0) is 31.0 Å². The van der Waals surface area contributed by atoms with Gasteiger partial charge in [-0.2, -0.15) is 0 Å². The highest BCUT2D eigenvalue weighted by molar-refractivity contribution is 7.99. The summed E-state index contributed by atoms with van der Waals surface area (Å²) in [5.74, 6) is 1.52. The molecule has 3 aromatic rings. The van der Waals surface area contributed by atoms with Crippen molar-refractivity contribution in [1.82, 2.24) is 19.7 Å². The largest absolute Gasteiger partial charge is 0.302 e. The van der Waals surface area contributed by atoms with Gasteiger partial charge >= 0.3 is 0 Å². The molecule has 1 aliphatic carbocycles. The van der Waals surface area contributed by atoms with Gasteiger partial charge in [0.05, 0.1) is 16.5 Å². The molecule has 2 aromatic heterocycles. The first-order valence-electron chi connectivity index (χ1n) is 10.4. The smallest absolute Gasteiger partial charge is 0.236 e. The number of hydrogen-bond acceptors (Lipinski definition) is 6. The van der Waals surface area contributed by atoms with E-state index in [9.17, 15) is 4.79 Å². The molecule has 1 amide bonds. The number of carbonyl (C=O) groups excluding carboxylic acids is 1. The molecule has 0 radical (unpaired) electrons. The third kappa shape index (κ3) is 5.54. The van der Waals surface area contributed by atoms with Crippen molar-refractivity contribution in [3.63, 3.8) is 0 Å². The molecule has 10 heteroatoms. The SMILES string of the molecule is C=CCn1c(SCC(=O)Nc2nc(-c3ccc(Cl)cc3Cl)cs2)nnc1C1CCCCC1. The van der Waals surface area contributed by atoms with Gasteiger partial charge in [0.15, 0.2) is 10.3 Å². The highest BCUT2D eigenvalue weighted by Crippen LogP contribution is 2.34. The summed E-state index contributed by atoms with van der Waals surface area (Å²) in [6.07, 6.45) is 7.88. The van der Waals surface area contributed by atoms with Crippen LogP contribution in [0.25, 0.3) is 11.3 Å². The van der Waals surface area contributed by atoms with Gasteiger partial charge in [-0.25, -0.2) is 4.98 Å². The number of aromatic nitrogens is 4. The maximum absolute atomic E-state index is 12.5. The maximum Gasteiger partial charge on any atom is 0.236 e. The van der Waals surface area contributed by atoms with Gasteiger partial charge in [0.25, 0.3) is 0 Å². The molecule has 0 saturated heterocycles. The molecule has 0 atom stereocenters. The van der Waals surface area contributed by atoms with Crippen molar-refractivity contribution in [1.29, 1.82) is 0 Å². The second-order valence-electron chi connectivity index (χ2n) is 7.57. The lowest BCUT2D eigenvalue weighted by atomic mass is 9.89. The summed E-state index contributed by atoms with van der Waals surface area (Å²) < 4.78 is 2.09. The molecule has 0 aliphatic heterocycles. The summed E-state index contributed by atoms with van der Waals surface area (Å²) in [6.45, 7) is 4.50. The van der Waals surface area contributed by atoms with Crippen LogP contribution in [-0.2, 0) is 11.3 Å². The molecule has 1 fully saturated rings. The molecule has 0 bridgehead atoms. The van der Waals surface area contributed by atoms with Gasteiger partial charge in [-0.15, -0.1) is 28.1 Å². The summed E-state index contributed by atoms with van der Waals surface area (Å²) in [6, 6.07) is 5.25. The highest BCUT2D eigenvalue weighted by Gasteiger charge is 2.23. The van der Waals surface area contributed by atoms with Crippen LogP contribution in [0, 0.1) is 0 Å². The van der Waals surface area contributed by atoms with Gasteiger partial charge in [-0.1, -0.05) is 60.3 Å². The van der Waals surface area contributed by atoms with Gasteiger partial charge < -0.3 is 9.88 Å². The van der Waals surface area contributed by atoms with Crippen LogP contribution < -0.4 is 5.32 Å². The third-order valence-electron chi connectivity index (χ3n) is 5.32. The first kappa shape index (κ1) is 23.3. The fraction of sp³-hybridized carbons (Fsp3) is 0.364. The number of halogens is 2. The number of thioether (sulfide) groups is 1. The fourth-order valence-corrected chi connectivity index (χ4v) is 5.79. The quantitative estimate of drug-likeness (QED) is 0.272. The van der Waals surface area contributed by atoms with Crippen molar-refractivity contribution in [3.8, 4) is 11.3 Å². The van der Waals surface area contributed by atoms with Gasteiger partial charge in [0.1, 0.15) is 5.82 Å². The maximum atomic E-state index is 12.5. The lowest BCUT2D eigenvalue weighted by Gasteiger charge is -2.21. The molecular formula is C22H23Cl2N5OS2. The summed E-state index contributed by atoms with van der Waals surface area (Å²) >= 11 is 15.0. The van der Waals surface area contributed by atoms with E-state index in [0.29, 0.717) is 33.3 Å². The molecule has 1 aromatic carbocycles. The molecule has 0 spiro atoms. The number of anilines is 1. The third-order valence-corrected chi connectivity index (χ3v) is 7.59. The molecule has 168 valence electrons. The van der Waals surface area contributed by atoms with Crippen molar-refractivity contribution in [2.45, 2.75) is 49.7 Å². The number of thiazole rings is 1. The second kappa shape index (κ2) is 10.8. The van der Waals surface area contributed by atoms with E-state index in [1.807, 2.05) is 17.5 Å². The molecule has 1 saturated carbocycles. The Balaban J connectivity index is 1.38. The van der Waals surface area contributed by atoms with Gasteiger partial charge in [0.2, 0.25) is 5.91 Å². The Hall–Kier alpha value is -1.87. The predicted octanol–water partition coefficient (Wildman–Crippen LogP) is 6.67. The molecular weight excluding hydrogens is 485 g/mol. The van der Waals surface area contributed by atoms with Crippen LogP contribution in [0.3, 0.4) is 0 Å². The van der Waals surface area contributed by atoms with E-state index >= 15 is 0 Å². The van der Waals surface area contributed by atoms with E-state index in [1.54, 1.807) is 12.1 Å². The average molecular weight is 509 g/mol. The van der Waals surface area contributed by atoms with E-state index in [4.69, 9.17) is 23.2 Å². The summed E-state index contributed by atoms with van der Waals surface area (Å²) in [5, 5.41) is 15.9. The lowest BCUT2D eigenvalue weighted by Crippen LogP contribution is -2.15. The molecule has 6 nitrogen and oxygen atoms in total. The number of nitrogens with zero attached hydrogens (tertiary/aromatic N) is 4. The van der Waals surface area contributed by atoms with Crippen LogP contribution in [0.5, 0.6) is 0 Å². The monoisotopic (exact) mass is 507 g/mol. The summed E-state index contributed by atoms with van der Waals surface area (Å²) in [7, 11) is 0. The Labute approximate surface area is 205 Å². The number of allylic oxidation sites excluding steroid dienone is 1. The highest BCUT2D eigenvalue weighted by atomic mass is 35.5. The number of benzene rings is 1.